The molecule has 3 rings (SSSR count). The minimum absolute atomic E-state index is 0.0720. The number of rotatable bonds is 3. The van der Waals surface area contributed by atoms with Crippen molar-refractivity contribution >= 4 is 11.0 Å². The van der Waals surface area contributed by atoms with Crippen molar-refractivity contribution in [2.45, 2.75) is 40.0 Å². The highest BCUT2D eigenvalue weighted by Crippen LogP contribution is 2.33. The van der Waals surface area contributed by atoms with E-state index in [9.17, 15) is 4.79 Å². The Morgan fingerprint density at radius 1 is 1.04 bits per heavy atom. The number of ether oxygens (including phenoxy) is 1. The van der Waals surface area contributed by atoms with Crippen LogP contribution in [0.4, 0.5) is 0 Å². The highest BCUT2D eigenvalue weighted by atomic mass is 16.5. The third-order valence-electron chi connectivity index (χ3n) is 4.31. The van der Waals surface area contributed by atoms with Gasteiger partial charge in [-0.05, 0) is 42.5 Å². The summed E-state index contributed by atoms with van der Waals surface area (Å²) in [6, 6.07) is 13.7. The Morgan fingerprint density at radius 3 is 2.32 bits per heavy atom. The molecule has 0 aliphatic rings. The topological polar surface area (TPSA) is 39.4 Å². The van der Waals surface area contributed by atoms with Crippen LogP contribution in [0.5, 0.6) is 5.75 Å². The first-order valence-corrected chi connectivity index (χ1v) is 8.62. The molecular formula is C22H24O3. The van der Waals surface area contributed by atoms with Gasteiger partial charge in [0.05, 0.1) is 12.0 Å². The van der Waals surface area contributed by atoms with Crippen molar-refractivity contribution in [3.05, 3.63) is 63.8 Å². The smallest absolute Gasteiger partial charge is 0.235 e. The van der Waals surface area contributed by atoms with Crippen molar-refractivity contribution in [1.29, 1.82) is 0 Å². The predicted octanol–water partition coefficient (Wildman–Crippen LogP) is 5.46. The number of hydrogen-bond acceptors (Lipinski definition) is 3. The lowest BCUT2D eigenvalue weighted by Gasteiger charge is -2.19. The highest BCUT2D eigenvalue weighted by Gasteiger charge is 2.19. The maximum absolute atomic E-state index is 12.9. The van der Waals surface area contributed by atoms with E-state index in [1.54, 1.807) is 6.07 Å². The van der Waals surface area contributed by atoms with E-state index in [2.05, 4.69) is 32.9 Å². The Morgan fingerprint density at radius 2 is 1.72 bits per heavy atom. The van der Waals surface area contributed by atoms with Crippen LogP contribution in [-0.2, 0) is 5.41 Å². The van der Waals surface area contributed by atoms with Crippen molar-refractivity contribution in [3.63, 3.8) is 0 Å². The van der Waals surface area contributed by atoms with E-state index in [0.717, 1.165) is 11.1 Å². The van der Waals surface area contributed by atoms with Crippen LogP contribution in [0.2, 0.25) is 0 Å². The molecule has 0 amide bonds. The molecule has 1 heterocycles. The zero-order chi connectivity index (χ0) is 18.2. The summed E-state index contributed by atoms with van der Waals surface area (Å²) in [5.41, 5.74) is 3.66. The van der Waals surface area contributed by atoms with Crippen LogP contribution in [0, 0.1) is 6.92 Å². The van der Waals surface area contributed by atoms with E-state index in [1.165, 1.54) is 5.56 Å². The lowest BCUT2D eigenvalue weighted by atomic mass is 9.86. The van der Waals surface area contributed by atoms with Gasteiger partial charge in [-0.2, -0.15) is 0 Å². The Hall–Kier alpha value is -2.55. The van der Waals surface area contributed by atoms with Crippen LogP contribution < -0.4 is 10.2 Å². The average molecular weight is 336 g/mol. The van der Waals surface area contributed by atoms with E-state index < -0.39 is 0 Å². The minimum Gasteiger partial charge on any atom is -0.487 e. The van der Waals surface area contributed by atoms with Gasteiger partial charge in [0.15, 0.2) is 5.76 Å². The second kappa shape index (κ2) is 6.40. The Balaban J connectivity index is 2.23. The van der Waals surface area contributed by atoms with Gasteiger partial charge in [0.2, 0.25) is 11.2 Å². The molecule has 0 aliphatic carbocycles. The van der Waals surface area contributed by atoms with Gasteiger partial charge in [-0.15, -0.1) is 0 Å². The van der Waals surface area contributed by atoms with Crippen LogP contribution >= 0.6 is 0 Å². The largest absolute Gasteiger partial charge is 0.487 e. The van der Waals surface area contributed by atoms with Crippen molar-refractivity contribution in [1.82, 2.24) is 0 Å². The lowest BCUT2D eigenvalue weighted by Crippen LogP contribution is -2.11. The van der Waals surface area contributed by atoms with E-state index in [0.29, 0.717) is 23.3 Å². The molecule has 0 fully saturated rings. The molecule has 2 aromatic carbocycles. The van der Waals surface area contributed by atoms with Crippen molar-refractivity contribution in [3.8, 4) is 17.1 Å². The zero-order valence-corrected chi connectivity index (χ0v) is 15.5. The predicted molar refractivity (Wildman–Crippen MR) is 103 cm³/mol. The summed E-state index contributed by atoms with van der Waals surface area (Å²) >= 11 is 0. The molecule has 3 aromatic rings. The van der Waals surface area contributed by atoms with Crippen molar-refractivity contribution in [2.75, 3.05) is 6.61 Å². The molecule has 0 aliphatic heterocycles. The summed E-state index contributed by atoms with van der Waals surface area (Å²) in [6.07, 6.45) is 0. The van der Waals surface area contributed by atoms with Gasteiger partial charge in [-0.25, -0.2) is 0 Å². The Labute approximate surface area is 148 Å². The summed E-state index contributed by atoms with van der Waals surface area (Å²) < 4.78 is 11.7. The lowest BCUT2D eigenvalue weighted by molar-refractivity contribution is 0.330. The Bertz CT molecular complexity index is 957. The summed E-state index contributed by atoms with van der Waals surface area (Å²) in [7, 11) is 0. The molecule has 0 saturated carbocycles. The first-order chi connectivity index (χ1) is 11.8. The van der Waals surface area contributed by atoms with Gasteiger partial charge >= 0.3 is 0 Å². The van der Waals surface area contributed by atoms with Crippen LogP contribution in [-0.4, -0.2) is 6.61 Å². The SMILES string of the molecule is CCOc1c(-c2ccc(C(C)(C)C)cc2)oc2cc(C)ccc2c1=O. The van der Waals surface area contributed by atoms with Crippen LogP contribution in [0.15, 0.2) is 51.7 Å². The fourth-order valence-corrected chi connectivity index (χ4v) is 2.87. The number of fused-ring (bicyclic) bond motifs is 1. The fourth-order valence-electron chi connectivity index (χ4n) is 2.87. The van der Waals surface area contributed by atoms with Crippen molar-refractivity contribution < 1.29 is 9.15 Å². The first-order valence-electron chi connectivity index (χ1n) is 8.62. The van der Waals surface area contributed by atoms with E-state index in [-0.39, 0.29) is 16.6 Å². The van der Waals surface area contributed by atoms with Gasteiger partial charge in [0.1, 0.15) is 5.58 Å². The van der Waals surface area contributed by atoms with Crippen LogP contribution in [0.3, 0.4) is 0 Å². The molecule has 0 N–H and O–H groups in total. The van der Waals surface area contributed by atoms with Crippen LogP contribution in [0.25, 0.3) is 22.3 Å². The number of benzene rings is 2. The van der Waals surface area contributed by atoms with E-state index in [1.807, 2.05) is 38.1 Å². The van der Waals surface area contributed by atoms with Gasteiger partial charge in [-0.3, -0.25) is 4.79 Å². The molecule has 0 spiro atoms. The maximum Gasteiger partial charge on any atom is 0.235 e. The summed E-state index contributed by atoms with van der Waals surface area (Å²) in [4.78, 5) is 12.9. The normalized spacial score (nSPS) is 11.7. The average Bonchev–Trinajstić information content (AvgIpc) is 2.56. The molecule has 0 radical (unpaired) electrons. The molecule has 25 heavy (non-hydrogen) atoms. The van der Waals surface area contributed by atoms with E-state index in [4.69, 9.17) is 9.15 Å². The van der Waals surface area contributed by atoms with Gasteiger partial charge in [0, 0.05) is 5.56 Å². The third kappa shape index (κ3) is 3.32. The third-order valence-corrected chi connectivity index (χ3v) is 4.31. The second-order valence-electron chi connectivity index (χ2n) is 7.35. The molecule has 0 saturated heterocycles. The minimum atomic E-state index is -0.127. The monoisotopic (exact) mass is 336 g/mol. The molecule has 3 heteroatoms. The molecule has 0 atom stereocenters. The molecule has 0 bridgehead atoms. The van der Waals surface area contributed by atoms with Crippen LogP contribution in [0.1, 0.15) is 38.8 Å². The molecule has 130 valence electrons. The highest BCUT2D eigenvalue weighted by molar-refractivity contribution is 5.82. The zero-order valence-electron chi connectivity index (χ0n) is 15.5. The quantitative estimate of drug-likeness (QED) is 0.637. The Kier molecular flexibility index (Phi) is 4.42. The number of hydrogen-bond donors (Lipinski definition) is 0. The van der Waals surface area contributed by atoms with Crippen molar-refractivity contribution in [2.24, 2.45) is 0 Å². The number of aryl methyl sites for hydroxylation is 1. The summed E-state index contributed by atoms with van der Waals surface area (Å²) in [6.45, 7) is 10.8. The molecule has 3 nitrogen and oxygen atoms in total. The molecule has 0 unspecified atom stereocenters. The second-order valence-corrected chi connectivity index (χ2v) is 7.35. The van der Waals surface area contributed by atoms with Gasteiger partial charge < -0.3 is 9.15 Å². The molecule has 1 aromatic heterocycles. The van der Waals surface area contributed by atoms with E-state index >= 15 is 0 Å². The summed E-state index contributed by atoms with van der Waals surface area (Å²) in [5, 5.41) is 0.545. The van der Waals surface area contributed by atoms with Gasteiger partial charge in [0.25, 0.3) is 0 Å². The standard InChI is InChI=1S/C22H24O3/c1-6-24-21-19(23)17-12-7-14(2)13-18(17)25-20(21)15-8-10-16(11-9-15)22(3,4)5/h7-13H,6H2,1-5H3. The fraction of sp³-hybridized carbons (Fsp3) is 0.318. The molecular weight excluding hydrogens is 312 g/mol. The van der Waals surface area contributed by atoms with Gasteiger partial charge in [-0.1, -0.05) is 51.1 Å². The maximum atomic E-state index is 12.9. The summed E-state index contributed by atoms with van der Waals surface area (Å²) in [5.74, 6) is 0.771. The first kappa shape index (κ1) is 17.3.